The quantitative estimate of drug-likeness (QED) is 0.381. The van der Waals surface area contributed by atoms with Crippen LogP contribution in [0.15, 0.2) is 4.99 Å². The molecule has 1 aliphatic heterocycles. The Hall–Kier alpha value is -0.0800. The highest BCUT2D eigenvalue weighted by molar-refractivity contribution is 14.0. The predicted octanol–water partition coefficient (Wildman–Crippen LogP) is 2.34. The number of hydrogen-bond acceptors (Lipinski definition) is 3. The van der Waals surface area contributed by atoms with Crippen molar-refractivity contribution in [1.29, 1.82) is 0 Å². The molecule has 3 rings (SSSR count). The number of hydrogen-bond donors (Lipinski definition) is 2. The minimum absolute atomic E-state index is 0. The lowest BCUT2D eigenvalue weighted by molar-refractivity contribution is -0.168. The SMILES string of the molecule is CCOC1CC(NC(N)=NCC2CCCN2CC)C12CCC2.I. The Labute approximate surface area is 157 Å². The number of likely N-dealkylation sites (tertiary alicyclic amines) is 1. The number of guanidine groups is 1. The van der Waals surface area contributed by atoms with Crippen LogP contribution in [0, 0.1) is 5.41 Å². The predicted molar refractivity (Wildman–Crippen MR) is 105 cm³/mol. The molecule has 0 aromatic heterocycles. The molecule has 3 atom stereocenters. The number of likely N-dealkylation sites (N-methyl/N-ethyl adjacent to an activating group) is 1. The van der Waals surface area contributed by atoms with E-state index < -0.39 is 0 Å². The van der Waals surface area contributed by atoms with Crippen molar-refractivity contribution in [2.45, 2.75) is 70.6 Å². The van der Waals surface area contributed by atoms with Gasteiger partial charge in [-0.15, -0.1) is 24.0 Å². The first-order chi connectivity index (χ1) is 10.7. The smallest absolute Gasteiger partial charge is 0.188 e. The Morgan fingerprint density at radius 1 is 1.35 bits per heavy atom. The highest BCUT2D eigenvalue weighted by Crippen LogP contribution is 2.57. The van der Waals surface area contributed by atoms with E-state index in [1.165, 1.54) is 38.6 Å². The Balaban J connectivity index is 0.00000192. The van der Waals surface area contributed by atoms with E-state index in [9.17, 15) is 0 Å². The van der Waals surface area contributed by atoms with E-state index in [-0.39, 0.29) is 24.0 Å². The van der Waals surface area contributed by atoms with Crippen molar-refractivity contribution in [2.75, 3.05) is 26.2 Å². The summed E-state index contributed by atoms with van der Waals surface area (Å²) in [5.41, 5.74) is 6.49. The third-order valence-corrected chi connectivity index (χ3v) is 6.14. The van der Waals surface area contributed by atoms with E-state index in [1.54, 1.807) is 0 Å². The first-order valence-corrected chi connectivity index (χ1v) is 9.11. The third-order valence-electron chi connectivity index (χ3n) is 6.14. The van der Waals surface area contributed by atoms with E-state index in [2.05, 4.69) is 29.1 Å². The highest BCUT2D eigenvalue weighted by Gasteiger charge is 2.59. The lowest BCUT2D eigenvalue weighted by Gasteiger charge is -2.61. The minimum Gasteiger partial charge on any atom is -0.378 e. The van der Waals surface area contributed by atoms with Gasteiger partial charge in [0.15, 0.2) is 5.96 Å². The van der Waals surface area contributed by atoms with Crippen LogP contribution in [0.1, 0.15) is 52.4 Å². The van der Waals surface area contributed by atoms with Crippen LogP contribution in [-0.2, 0) is 4.74 Å². The average Bonchev–Trinajstić information content (AvgIpc) is 2.89. The molecular weight excluding hydrogens is 403 g/mol. The van der Waals surface area contributed by atoms with E-state index >= 15 is 0 Å². The van der Waals surface area contributed by atoms with Gasteiger partial charge in [-0.25, -0.2) is 0 Å². The molecule has 0 bridgehead atoms. The van der Waals surface area contributed by atoms with E-state index in [1.807, 2.05) is 0 Å². The molecule has 3 aliphatic rings. The number of halogens is 1. The number of ether oxygens (including phenoxy) is 1. The second kappa shape index (κ2) is 8.34. The fourth-order valence-corrected chi connectivity index (χ4v) is 4.59. The molecule has 3 unspecified atom stereocenters. The number of nitrogens with two attached hydrogens (primary N) is 1. The summed E-state index contributed by atoms with van der Waals surface area (Å²) in [6, 6.07) is 1.05. The van der Waals surface area contributed by atoms with E-state index in [0.717, 1.165) is 26.1 Å². The molecule has 0 radical (unpaired) electrons. The maximum atomic E-state index is 6.15. The first-order valence-electron chi connectivity index (χ1n) is 9.11. The van der Waals surface area contributed by atoms with Gasteiger partial charge in [0.05, 0.1) is 12.6 Å². The van der Waals surface area contributed by atoms with Crippen LogP contribution < -0.4 is 11.1 Å². The molecule has 134 valence electrons. The molecule has 3 N–H and O–H groups in total. The van der Waals surface area contributed by atoms with Gasteiger partial charge in [0.2, 0.25) is 0 Å². The van der Waals surface area contributed by atoms with Gasteiger partial charge >= 0.3 is 0 Å². The lowest BCUT2D eigenvalue weighted by atomic mass is 9.51. The van der Waals surface area contributed by atoms with Crippen molar-refractivity contribution in [2.24, 2.45) is 16.1 Å². The average molecular weight is 436 g/mol. The van der Waals surface area contributed by atoms with Crippen LogP contribution in [-0.4, -0.2) is 55.3 Å². The summed E-state index contributed by atoms with van der Waals surface area (Å²) in [6.07, 6.45) is 7.93. The summed E-state index contributed by atoms with van der Waals surface area (Å²) in [5.74, 6) is 0.633. The highest BCUT2D eigenvalue weighted by atomic mass is 127. The largest absolute Gasteiger partial charge is 0.378 e. The molecule has 0 aromatic rings. The molecule has 1 saturated heterocycles. The number of aliphatic imine (C=N–C) groups is 1. The van der Waals surface area contributed by atoms with Gasteiger partial charge in [0.1, 0.15) is 0 Å². The Morgan fingerprint density at radius 2 is 2.13 bits per heavy atom. The van der Waals surface area contributed by atoms with Crippen LogP contribution in [0.5, 0.6) is 0 Å². The third kappa shape index (κ3) is 3.79. The summed E-state index contributed by atoms with van der Waals surface area (Å²) < 4.78 is 5.89. The van der Waals surface area contributed by atoms with Gasteiger partial charge in [-0.3, -0.25) is 9.89 Å². The number of rotatable bonds is 6. The van der Waals surface area contributed by atoms with Crippen LogP contribution in [0.3, 0.4) is 0 Å². The molecule has 1 heterocycles. The van der Waals surface area contributed by atoms with Crippen molar-refractivity contribution >= 4 is 29.9 Å². The van der Waals surface area contributed by atoms with Crippen molar-refractivity contribution in [3.63, 3.8) is 0 Å². The van der Waals surface area contributed by atoms with Crippen molar-refractivity contribution in [1.82, 2.24) is 10.2 Å². The minimum atomic E-state index is 0. The molecule has 0 aromatic carbocycles. The standard InChI is InChI=1S/C17H32N4O.HI/c1-3-21-10-5-7-13(21)12-19-16(18)20-14-11-15(22-4-2)17(14)8-6-9-17;/h13-15H,3-12H2,1-2H3,(H3,18,19,20);1H. The zero-order valence-electron chi connectivity index (χ0n) is 14.6. The Kier molecular flexibility index (Phi) is 6.98. The van der Waals surface area contributed by atoms with E-state index in [4.69, 9.17) is 10.5 Å². The van der Waals surface area contributed by atoms with Crippen LogP contribution >= 0.6 is 24.0 Å². The summed E-state index contributed by atoms with van der Waals surface area (Å²) >= 11 is 0. The molecule has 2 aliphatic carbocycles. The van der Waals surface area contributed by atoms with E-state index in [0.29, 0.717) is 29.6 Å². The van der Waals surface area contributed by atoms with Crippen molar-refractivity contribution in [3.8, 4) is 0 Å². The van der Waals surface area contributed by atoms with Crippen LogP contribution in [0.2, 0.25) is 0 Å². The summed E-state index contributed by atoms with van der Waals surface area (Å²) in [5, 5.41) is 3.48. The molecule has 6 heteroatoms. The van der Waals surface area contributed by atoms with Gasteiger partial charge in [0.25, 0.3) is 0 Å². The van der Waals surface area contributed by atoms with Crippen LogP contribution in [0.4, 0.5) is 0 Å². The summed E-state index contributed by atoms with van der Waals surface area (Å²) in [6.45, 7) is 8.30. The molecule has 23 heavy (non-hydrogen) atoms. The molecule has 0 amide bonds. The Bertz CT molecular complexity index is 413. The zero-order valence-corrected chi connectivity index (χ0v) is 16.9. The molecule has 2 saturated carbocycles. The van der Waals surface area contributed by atoms with Crippen LogP contribution in [0.25, 0.3) is 0 Å². The van der Waals surface area contributed by atoms with Gasteiger partial charge in [-0.1, -0.05) is 13.3 Å². The maximum absolute atomic E-state index is 6.15. The fraction of sp³-hybridized carbons (Fsp3) is 0.941. The topological polar surface area (TPSA) is 62.9 Å². The lowest BCUT2D eigenvalue weighted by Crippen LogP contribution is -2.68. The molecule has 5 nitrogen and oxygen atoms in total. The number of nitrogens with one attached hydrogen (secondary N) is 1. The zero-order chi connectivity index (χ0) is 15.6. The normalized spacial score (nSPS) is 33.0. The fourth-order valence-electron chi connectivity index (χ4n) is 4.59. The molecule has 3 fully saturated rings. The Morgan fingerprint density at radius 3 is 2.74 bits per heavy atom. The number of nitrogens with zero attached hydrogens (tertiary/aromatic N) is 2. The second-order valence-corrected chi connectivity index (χ2v) is 7.11. The maximum Gasteiger partial charge on any atom is 0.188 e. The first kappa shape index (κ1) is 19.2. The van der Waals surface area contributed by atoms with Crippen molar-refractivity contribution < 1.29 is 4.74 Å². The van der Waals surface area contributed by atoms with Gasteiger partial charge in [0, 0.05) is 24.1 Å². The summed E-state index contributed by atoms with van der Waals surface area (Å²) in [7, 11) is 0. The second-order valence-electron chi connectivity index (χ2n) is 7.11. The molecule has 1 spiro atoms. The van der Waals surface area contributed by atoms with Crippen molar-refractivity contribution in [3.05, 3.63) is 0 Å². The van der Waals surface area contributed by atoms with Gasteiger partial charge in [-0.2, -0.15) is 0 Å². The monoisotopic (exact) mass is 436 g/mol. The van der Waals surface area contributed by atoms with Gasteiger partial charge < -0.3 is 15.8 Å². The summed E-state index contributed by atoms with van der Waals surface area (Å²) in [4.78, 5) is 7.13. The molecular formula is C17H33IN4O. The van der Waals surface area contributed by atoms with Gasteiger partial charge in [-0.05, 0) is 52.1 Å².